The Bertz CT molecular complexity index is 4930. The van der Waals surface area contributed by atoms with Gasteiger partial charge in [-0.2, -0.15) is 0 Å². The number of hydrogen-bond acceptors (Lipinski definition) is 21. The number of hydrogen-bond donors (Lipinski definition) is 6. The van der Waals surface area contributed by atoms with E-state index in [1.807, 2.05) is 87.1 Å². The molecular formula is C79H83N11O9S6. The molecule has 26 heteroatoms. The van der Waals surface area contributed by atoms with Crippen LogP contribution in [0.15, 0.2) is 219 Å². The normalized spacial score (nSPS) is 18.2. The molecule has 11 heterocycles. The lowest BCUT2D eigenvalue weighted by molar-refractivity contribution is -0.120. The van der Waals surface area contributed by atoms with E-state index in [-0.39, 0.29) is 22.6 Å². The minimum Gasteiger partial charge on any atom is -0.444 e. The van der Waals surface area contributed by atoms with Gasteiger partial charge in [-0.25, -0.2) is 4.79 Å². The third-order valence-electron chi connectivity index (χ3n) is 19.2. The van der Waals surface area contributed by atoms with Gasteiger partial charge in [0.15, 0.2) is 0 Å². The number of ether oxygens (including phenoxy) is 4. The van der Waals surface area contributed by atoms with Crippen molar-refractivity contribution in [3.63, 3.8) is 0 Å². The van der Waals surface area contributed by atoms with Crippen LogP contribution < -0.4 is 47.7 Å². The molecule has 0 radical (unpaired) electrons. The number of anilines is 6. The lowest BCUT2D eigenvalue weighted by Crippen LogP contribution is -2.45. The van der Waals surface area contributed by atoms with E-state index in [0.29, 0.717) is 64.3 Å². The quantitative estimate of drug-likeness (QED) is 0.0660. The van der Waals surface area contributed by atoms with Crippen LogP contribution in [0.4, 0.5) is 38.9 Å². The number of nitrogen functional groups attached to an aromatic ring is 1. The summed E-state index contributed by atoms with van der Waals surface area (Å²) in [7, 11) is 2.22. The number of carbonyl (C=O) groups is 2. The van der Waals surface area contributed by atoms with Crippen molar-refractivity contribution in [1.82, 2.24) is 24.8 Å². The van der Waals surface area contributed by atoms with Gasteiger partial charge in [-0.05, 0) is 151 Å². The second-order valence-corrected chi connectivity index (χ2v) is 34.1. The number of aromatic amines is 3. The van der Waals surface area contributed by atoms with E-state index in [2.05, 4.69) is 125 Å². The molecule has 3 aromatic heterocycles. The van der Waals surface area contributed by atoms with Crippen LogP contribution in [0.25, 0.3) is 33.8 Å². The van der Waals surface area contributed by atoms with Gasteiger partial charge in [0.25, 0.3) is 0 Å². The fourth-order valence-corrected chi connectivity index (χ4v) is 21.2. The highest BCUT2D eigenvalue weighted by Gasteiger charge is 2.37. The number of nitrogens with two attached hydrogens (primary N) is 1. The fraction of sp³-hybridized carbons (Fsp3) is 0.329. The fourth-order valence-electron chi connectivity index (χ4n) is 14.0. The number of likely N-dealkylation sites (tertiary alicyclic amines) is 2. The molecule has 2 atom stereocenters. The number of nitrogens with one attached hydrogen (secondary N) is 5. The molecule has 8 aliphatic heterocycles. The van der Waals surface area contributed by atoms with Gasteiger partial charge in [0, 0.05) is 186 Å². The molecule has 9 aromatic rings. The van der Waals surface area contributed by atoms with Crippen LogP contribution in [0.3, 0.4) is 0 Å². The van der Waals surface area contributed by atoms with Crippen LogP contribution >= 0.6 is 70.6 Å². The van der Waals surface area contributed by atoms with Gasteiger partial charge in [0.2, 0.25) is 22.6 Å². The Balaban J connectivity index is 0.000000129. The van der Waals surface area contributed by atoms with Gasteiger partial charge >= 0.3 is 6.09 Å². The number of benzene rings is 6. The highest BCUT2D eigenvalue weighted by Crippen LogP contribution is 2.55. The zero-order chi connectivity index (χ0) is 72.3. The number of H-pyrrole nitrogens is 3. The maximum Gasteiger partial charge on any atom is 0.410 e. The molecule has 0 aliphatic carbocycles. The van der Waals surface area contributed by atoms with Crippen molar-refractivity contribution in [2.24, 2.45) is 0 Å². The second kappa shape index (κ2) is 32.1. The van der Waals surface area contributed by atoms with Gasteiger partial charge in [-0.15, -0.1) is 0 Å². The molecular weight excluding hydrogens is 1440 g/mol. The van der Waals surface area contributed by atoms with E-state index in [1.165, 1.54) is 69.1 Å². The van der Waals surface area contributed by atoms with Crippen molar-refractivity contribution in [1.29, 1.82) is 0 Å². The Hall–Kier alpha value is -8.15. The number of rotatable bonds is 11. The largest absolute Gasteiger partial charge is 0.444 e. The molecule has 2 amide bonds. The smallest absolute Gasteiger partial charge is 0.410 e. The predicted octanol–water partition coefficient (Wildman–Crippen LogP) is 14.9. The standard InChI is InChI=1S/C31H34N4O5S2.C27H30N4O2S2.C21H19N3O2S2/c1-31(2,3)40-30(38)35-11-5-7-23(35)29(37)32-19-9-10-24-26(16-19)41-25-8-4-6-21(28(25)42-24)22-17-20(18-27(36)33-22)34-12-14-39-15-13-34;1-30-9-3-4-19(30)17-28-18-7-8-23-25(14-18)34-24-6-2-5-21(27(24)35-23)22-15-20(16-26(32)29-22)31-10-12-33-13-11-31;22-13-4-5-17-19(10-13)27-18-3-1-2-15(21(18)28-17)16-11-14(12-20(25)23-16)24-6-8-26-9-7-24/h4,6,8-10,16-18,23H,5,7,11-15H2,1-3H3,(H,32,37)(H,33,36);2,5-8,14-16,19,28H,3-4,9-13,17H2,1H3,(H,29,32);1-5,10-12H,6-9,22H2,(H,23,25)/t23-;19-;/m00./s1. The van der Waals surface area contributed by atoms with Gasteiger partial charge in [0.05, 0.1) is 56.7 Å². The number of aromatic nitrogens is 3. The second-order valence-electron chi connectivity index (χ2n) is 27.7. The maximum atomic E-state index is 13.2. The minimum absolute atomic E-state index is 0.0703. The highest BCUT2D eigenvalue weighted by molar-refractivity contribution is 8.06. The Kier molecular flexibility index (Phi) is 22.2. The van der Waals surface area contributed by atoms with Gasteiger partial charge < -0.3 is 69.9 Å². The van der Waals surface area contributed by atoms with Crippen LogP contribution in [-0.4, -0.2) is 160 Å². The van der Waals surface area contributed by atoms with Crippen molar-refractivity contribution >= 4 is 117 Å². The first-order chi connectivity index (χ1) is 50.9. The van der Waals surface area contributed by atoms with E-state index in [0.717, 1.165) is 128 Å². The average molecular weight is 1520 g/mol. The molecule has 0 bridgehead atoms. The molecule has 7 N–H and O–H groups in total. The van der Waals surface area contributed by atoms with Crippen LogP contribution in [0.5, 0.6) is 0 Å². The lowest BCUT2D eigenvalue weighted by atomic mass is 10.1. The zero-order valence-electron chi connectivity index (χ0n) is 58.9. The topological polar surface area (TPSA) is 236 Å². The van der Waals surface area contributed by atoms with Gasteiger partial charge in [0.1, 0.15) is 11.6 Å². The molecule has 6 aromatic carbocycles. The molecule has 20 nitrogen and oxygen atoms in total. The van der Waals surface area contributed by atoms with E-state index < -0.39 is 17.7 Å². The van der Waals surface area contributed by atoms with Crippen molar-refractivity contribution in [2.75, 3.05) is 137 Å². The molecule has 8 aliphatic rings. The summed E-state index contributed by atoms with van der Waals surface area (Å²) in [5.41, 5.74) is 16.1. The summed E-state index contributed by atoms with van der Waals surface area (Å²) in [6.45, 7) is 16.9. The first-order valence-corrected chi connectivity index (χ1v) is 40.5. The van der Waals surface area contributed by atoms with Crippen molar-refractivity contribution < 1.29 is 28.5 Å². The third kappa shape index (κ3) is 17.0. The van der Waals surface area contributed by atoms with Gasteiger partial charge in [-0.3, -0.25) is 24.1 Å². The first kappa shape index (κ1) is 72.4. The number of fused-ring (bicyclic) bond motifs is 6. The van der Waals surface area contributed by atoms with Gasteiger partial charge in [-0.1, -0.05) is 107 Å². The molecule has 17 rings (SSSR count). The SMILES string of the molecule is CC(C)(C)OC(=O)N1CCC[C@H]1C(=O)Nc1ccc2c(c1)Sc1cccc(-c3cc(N4CCOCC4)cc(=O)[nH]3)c1S2.CN1CCC[C@H]1CNc1ccc2c(c1)Sc1cccc(-c3cc(N4CCOCC4)cc(=O)[nH]3)c1S2.Nc1ccc2c(c1)Sc1cccc(-c3cc(N4CCOCC4)cc(=O)[nH]3)c1S2. The molecule has 5 saturated heterocycles. The van der Waals surface area contributed by atoms with E-state index in [4.69, 9.17) is 24.7 Å². The molecule has 544 valence electrons. The number of carbonyl (C=O) groups excluding carboxylic acids is 2. The summed E-state index contributed by atoms with van der Waals surface area (Å²) in [6.07, 6.45) is 3.46. The van der Waals surface area contributed by atoms with Crippen LogP contribution in [0.2, 0.25) is 0 Å². The average Bonchev–Trinajstić information content (AvgIpc) is 1.28. The third-order valence-corrected chi connectivity index (χ3v) is 27.0. The number of pyridine rings is 3. The summed E-state index contributed by atoms with van der Waals surface area (Å²) in [6, 6.07) is 48.6. The zero-order valence-corrected chi connectivity index (χ0v) is 63.8. The molecule has 105 heavy (non-hydrogen) atoms. The van der Waals surface area contributed by atoms with Crippen molar-refractivity contribution in [2.45, 2.75) is 123 Å². The van der Waals surface area contributed by atoms with Crippen molar-refractivity contribution in [3.05, 3.63) is 177 Å². The monoisotopic (exact) mass is 1520 g/mol. The highest BCUT2D eigenvalue weighted by atomic mass is 32.2. The Morgan fingerprint density at radius 2 is 0.905 bits per heavy atom. The van der Waals surface area contributed by atoms with E-state index in [9.17, 15) is 24.0 Å². The maximum absolute atomic E-state index is 13.2. The summed E-state index contributed by atoms with van der Waals surface area (Å²) < 4.78 is 21.9. The molecule has 5 fully saturated rings. The summed E-state index contributed by atoms with van der Waals surface area (Å²) in [5.74, 6) is -0.210. The molecule has 0 unspecified atom stereocenters. The van der Waals surface area contributed by atoms with Crippen LogP contribution in [0, 0.1) is 0 Å². The molecule has 0 saturated carbocycles. The van der Waals surface area contributed by atoms with E-state index >= 15 is 0 Å². The molecule has 0 spiro atoms. The number of nitrogens with zero attached hydrogens (tertiary/aromatic N) is 5. The van der Waals surface area contributed by atoms with Crippen LogP contribution in [-0.2, 0) is 23.7 Å². The Morgan fingerprint density at radius 3 is 1.34 bits per heavy atom. The van der Waals surface area contributed by atoms with E-state index in [1.54, 1.807) is 77.0 Å². The Labute approximate surface area is 635 Å². The minimum atomic E-state index is -0.620. The Morgan fingerprint density at radius 1 is 0.486 bits per heavy atom. The number of likely N-dealkylation sites (N-methyl/N-ethyl adjacent to an activating group) is 1. The lowest BCUT2D eigenvalue weighted by Gasteiger charge is -2.29. The first-order valence-electron chi connectivity index (χ1n) is 35.6. The predicted molar refractivity (Wildman–Crippen MR) is 424 cm³/mol. The van der Waals surface area contributed by atoms with Crippen LogP contribution in [0.1, 0.15) is 46.5 Å². The summed E-state index contributed by atoms with van der Waals surface area (Å²) in [5, 5.41) is 6.68. The number of morpholine rings is 3. The number of amides is 2. The van der Waals surface area contributed by atoms with Crippen molar-refractivity contribution in [3.8, 4) is 33.8 Å². The summed E-state index contributed by atoms with van der Waals surface area (Å²) in [4.78, 5) is 97.2. The summed E-state index contributed by atoms with van der Waals surface area (Å²) >= 11 is 10.3.